The van der Waals surface area contributed by atoms with Gasteiger partial charge in [-0.05, 0) is 31.5 Å². The van der Waals surface area contributed by atoms with Crippen LogP contribution in [0, 0.1) is 13.8 Å². The number of hydrogen-bond donors (Lipinski definition) is 1. The van der Waals surface area contributed by atoms with Gasteiger partial charge in [-0.1, -0.05) is 41.5 Å². The van der Waals surface area contributed by atoms with Gasteiger partial charge in [-0.15, -0.1) is 0 Å². The predicted octanol–water partition coefficient (Wildman–Crippen LogP) is 3.86. The van der Waals surface area contributed by atoms with Crippen LogP contribution in [0.2, 0.25) is 0 Å². The smallest absolute Gasteiger partial charge is 0.137 e. The van der Waals surface area contributed by atoms with Crippen molar-refractivity contribution in [2.75, 3.05) is 5.32 Å². The molecule has 0 aliphatic rings. The number of anilines is 1. The third-order valence-electron chi connectivity index (χ3n) is 3.37. The van der Waals surface area contributed by atoms with Crippen molar-refractivity contribution in [2.45, 2.75) is 20.4 Å². The molecular weight excluding hydrogens is 246 g/mol. The van der Waals surface area contributed by atoms with Crippen molar-refractivity contribution in [1.29, 1.82) is 0 Å². The molecule has 1 aromatic heterocycles. The highest BCUT2D eigenvalue weighted by Crippen LogP contribution is 2.20. The molecule has 0 saturated carbocycles. The second kappa shape index (κ2) is 5.29. The molecule has 0 radical (unpaired) electrons. The molecule has 0 spiro atoms. The summed E-state index contributed by atoms with van der Waals surface area (Å²) in [7, 11) is 0. The molecule has 0 bridgehead atoms. The van der Waals surface area contributed by atoms with Gasteiger partial charge in [0.15, 0.2) is 0 Å². The topological polar surface area (TPSA) is 37.8 Å². The van der Waals surface area contributed by atoms with Crippen LogP contribution in [0.1, 0.15) is 16.7 Å². The lowest BCUT2D eigenvalue weighted by Crippen LogP contribution is -2.02. The molecule has 0 aliphatic carbocycles. The molecule has 1 heterocycles. The van der Waals surface area contributed by atoms with Crippen LogP contribution in [0.5, 0.6) is 0 Å². The van der Waals surface area contributed by atoms with E-state index in [1.54, 1.807) is 6.33 Å². The highest BCUT2D eigenvalue weighted by Gasteiger charge is 2.03. The van der Waals surface area contributed by atoms with Gasteiger partial charge in [0.05, 0.1) is 5.52 Å². The number of fused-ring (bicyclic) bond motifs is 1. The van der Waals surface area contributed by atoms with Crippen LogP contribution >= 0.6 is 0 Å². The first-order valence-electron chi connectivity index (χ1n) is 6.73. The Morgan fingerprint density at radius 1 is 0.900 bits per heavy atom. The van der Waals surface area contributed by atoms with Gasteiger partial charge in [-0.3, -0.25) is 0 Å². The van der Waals surface area contributed by atoms with Crippen LogP contribution in [0.25, 0.3) is 10.9 Å². The lowest BCUT2D eigenvalue weighted by atomic mass is 10.1. The normalized spacial score (nSPS) is 10.7. The molecular formula is C17H17N3. The Morgan fingerprint density at radius 2 is 1.65 bits per heavy atom. The largest absolute Gasteiger partial charge is 0.365 e. The zero-order valence-corrected chi connectivity index (χ0v) is 11.7. The van der Waals surface area contributed by atoms with Gasteiger partial charge in [-0.2, -0.15) is 0 Å². The summed E-state index contributed by atoms with van der Waals surface area (Å²) in [6.45, 7) is 4.94. The first-order valence-corrected chi connectivity index (χ1v) is 6.73. The van der Waals surface area contributed by atoms with Crippen molar-refractivity contribution in [3.63, 3.8) is 0 Å². The number of nitrogens with one attached hydrogen (secondary N) is 1. The molecule has 1 N–H and O–H groups in total. The first-order chi connectivity index (χ1) is 9.72. The van der Waals surface area contributed by atoms with Crippen molar-refractivity contribution in [2.24, 2.45) is 0 Å². The monoisotopic (exact) mass is 263 g/mol. The van der Waals surface area contributed by atoms with Crippen molar-refractivity contribution in [3.8, 4) is 0 Å². The van der Waals surface area contributed by atoms with Gasteiger partial charge < -0.3 is 5.32 Å². The lowest BCUT2D eigenvalue weighted by molar-refractivity contribution is 1.10. The van der Waals surface area contributed by atoms with Crippen molar-refractivity contribution in [3.05, 3.63) is 65.5 Å². The molecule has 0 atom stereocenters. The zero-order valence-electron chi connectivity index (χ0n) is 11.7. The third-order valence-corrected chi connectivity index (χ3v) is 3.37. The molecule has 0 aliphatic heterocycles. The summed E-state index contributed by atoms with van der Waals surface area (Å²) >= 11 is 0. The molecule has 3 nitrogen and oxygen atoms in total. The fraction of sp³-hybridized carbons (Fsp3) is 0.176. The molecule has 3 rings (SSSR count). The molecule has 0 amide bonds. The van der Waals surface area contributed by atoms with Crippen LogP contribution in [-0.2, 0) is 6.54 Å². The average Bonchev–Trinajstić information content (AvgIpc) is 2.47. The quantitative estimate of drug-likeness (QED) is 0.779. The second-order valence-electron chi connectivity index (χ2n) is 5.08. The van der Waals surface area contributed by atoms with E-state index >= 15 is 0 Å². The van der Waals surface area contributed by atoms with E-state index in [9.17, 15) is 0 Å². The molecule has 0 unspecified atom stereocenters. The summed E-state index contributed by atoms with van der Waals surface area (Å²) in [5, 5.41) is 4.47. The minimum absolute atomic E-state index is 0.764. The highest BCUT2D eigenvalue weighted by molar-refractivity contribution is 5.89. The van der Waals surface area contributed by atoms with Crippen LogP contribution in [0.15, 0.2) is 48.8 Å². The molecule has 0 fully saturated rings. The fourth-order valence-corrected chi connectivity index (χ4v) is 2.20. The Balaban J connectivity index is 1.87. The van der Waals surface area contributed by atoms with E-state index in [1.807, 2.05) is 6.07 Å². The molecule has 2 aromatic carbocycles. The Hall–Kier alpha value is -2.42. The molecule has 3 aromatic rings. The number of rotatable bonds is 3. The van der Waals surface area contributed by atoms with Crippen LogP contribution < -0.4 is 5.32 Å². The SMILES string of the molecule is Cc1ccc(CNc2ncnc3ccc(C)cc23)cc1. The van der Waals surface area contributed by atoms with E-state index in [-0.39, 0.29) is 0 Å². The maximum absolute atomic E-state index is 4.36. The molecule has 3 heteroatoms. The number of aryl methyl sites for hydroxylation is 2. The minimum atomic E-state index is 0.764. The Bertz CT molecular complexity index is 733. The Labute approximate surface area is 118 Å². The van der Waals surface area contributed by atoms with E-state index in [2.05, 4.69) is 65.5 Å². The van der Waals surface area contributed by atoms with Crippen molar-refractivity contribution < 1.29 is 0 Å². The maximum Gasteiger partial charge on any atom is 0.137 e. The number of benzene rings is 2. The van der Waals surface area contributed by atoms with Gasteiger partial charge >= 0.3 is 0 Å². The van der Waals surface area contributed by atoms with Gasteiger partial charge in [0, 0.05) is 11.9 Å². The highest BCUT2D eigenvalue weighted by atomic mass is 15.0. The summed E-state index contributed by atoms with van der Waals surface area (Å²) in [6.07, 6.45) is 1.61. The van der Waals surface area contributed by atoms with Gasteiger partial charge in [0.25, 0.3) is 0 Å². The Morgan fingerprint density at radius 3 is 2.45 bits per heavy atom. The summed E-state index contributed by atoms with van der Waals surface area (Å²) < 4.78 is 0. The minimum Gasteiger partial charge on any atom is -0.365 e. The summed E-state index contributed by atoms with van der Waals surface area (Å²) in [5.74, 6) is 0.888. The molecule has 100 valence electrons. The first kappa shape index (κ1) is 12.6. The number of aromatic nitrogens is 2. The predicted molar refractivity (Wildman–Crippen MR) is 82.8 cm³/mol. The Kier molecular flexibility index (Phi) is 3.33. The molecule has 20 heavy (non-hydrogen) atoms. The van der Waals surface area contributed by atoms with E-state index in [0.29, 0.717) is 0 Å². The van der Waals surface area contributed by atoms with Crippen LogP contribution in [-0.4, -0.2) is 9.97 Å². The number of hydrogen-bond acceptors (Lipinski definition) is 3. The van der Waals surface area contributed by atoms with Crippen LogP contribution in [0.4, 0.5) is 5.82 Å². The van der Waals surface area contributed by atoms with Crippen molar-refractivity contribution >= 4 is 16.7 Å². The van der Waals surface area contributed by atoms with E-state index in [0.717, 1.165) is 23.3 Å². The van der Waals surface area contributed by atoms with Gasteiger partial charge in [0.2, 0.25) is 0 Å². The summed E-state index contributed by atoms with van der Waals surface area (Å²) in [4.78, 5) is 8.66. The maximum atomic E-state index is 4.36. The van der Waals surface area contributed by atoms with Gasteiger partial charge in [0.1, 0.15) is 12.1 Å². The van der Waals surface area contributed by atoms with E-state index in [4.69, 9.17) is 0 Å². The van der Waals surface area contributed by atoms with E-state index < -0.39 is 0 Å². The summed E-state index contributed by atoms with van der Waals surface area (Å²) in [6, 6.07) is 14.7. The lowest BCUT2D eigenvalue weighted by Gasteiger charge is -2.09. The van der Waals surface area contributed by atoms with Crippen LogP contribution in [0.3, 0.4) is 0 Å². The zero-order chi connectivity index (χ0) is 13.9. The van der Waals surface area contributed by atoms with Crippen molar-refractivity contribution in [1.82, 2.24) is 9.97 Å². The van der Waals surface area contributed by atoms with E-state index in [1.165, 1.54) is 16.7 Å². The standard InChI is InChI=1S/C17H17N3/c1-12-3-6-14(7-4-12)10-18-17-15-9-13(2)5-8-16(15)19-11-20-17/h3-9,11H,10H2,1-2H3,(H,18,19,20). The third kappa shape index (κ3) is 2.62. The number of nitrogens with zero attached hydrogens (tertiary/aromatic N) is 2. The fourth-order valence-electron chi connectivity index (χ4n) is 2.20. The second-order valence-corrected chi connectivity index (χ2v) is 5.08. The average molecular weight is 263 g/mol. The summed E-state index contributed by atoms with van der Waals surface area (Å²) in [5.41, 5.74) is 4.70. The molecule has 0 saturated heterocycles. The van der Waals surface area contributed by atoms with Gasteiger partial charge in [-0.25, -0.2) is 9.97 Å².